The summed E-state index contributed by atoms with van der Waals surface area (Å²) in [4.78, 5) is 18.8. The first-order chi connectivity index (χ1) is 13.3. The van der Waals surface area contributed by atoms with Crippen molar-refractivity contribution in [1.29, 1.82) is 0 Å². The van der Waals surface area contributed by atoms with Gasteiger partial charge in [0.2, 0.25) is 17.8 Å². The first kappa shape index (κ1) is 17.6. The van der Waals surface area contributed by atoms with E-state index in [9.17, 15) is 0 Å². The quantitative estimate of drug-likeness (QED) is 0.839. The van der Waals surface area contributed by atoms with Crippen molar-refractivity contribution in [3.63, 3.8) is 0 Å². The van der Waals surface area contributed by atoms with Gasteiger partial charge < -0.3 is 15.1 Å². The molecule has 2 fully saturated rings. The fourth-order valence-corrected chi connectivity index (χ4v) is 3.70. The van der Waals surface area contributed by atoms with Crippen LogP contribution < -0.4 is 15.1 Å². The Hall–Kier alpha value is -2.81. The summed E-state index contributed by atoms with van der Waals surface area (Å²) in [7, 11) is 0. The Morgan fingerprint density at radius 3 is 1.96 bits per heavy atom. The SMILES string of the molecule is C#Cc1cccc(Nc2nc(N3CCCCC3)nc(N3CCCCC3)n2)c1. The number of nitrogens with zero attached hydrogens (tertiary/aromatic N) is 5. The van der Waals surface area contributed by atoms with Crippen LogP contribution in [0.25, 0.3) is 0 Å². The maximum atomic E-state index is 5.52. The van der Waals surface area contributed by atoms with E-state index in [-0.39, 0.29) is 0 Å². The molecule has 140 valence electrons. The summed E-state index contributed by atoms with van der Waals surface area (Å²) in [6.07, 6.45) is 12.9. The zero-order chi connectivity index (χ0) is 18.5. The van der Waals surface area contributed by atoms with Crippen LogP contribution in [-0.4, -0.2) is 41.1 Å². The Morgan fingerprint density at radius 1 is 0.815 bits per heavy atom. The van der Waals surface area contributed by atoms with E-state index >= 15 is 0 Å². The van der Waals surface area contributed by atoms with Crippen LogP contribution in [0.1, 0.15) is 44.1 Å². The highest BCUT2D eigenvalue weighted by atomic mass is 15.4. The van der Waals surface area contributed by atoms with Gasteiger partial charge in [-0.3, -0.25) is 0 Å². The van der Waals surface area contributed by atoms with Crippen LogP contribution in [0.15, 0.2) is 24.3 Å². The number of piperidine rings is 2. The van der Waals surface area contributed by atoms with Gasteiger partial charge >= 0.3 is 0 Å². The normalized spacial score (nSPS) is 17.4. The summed E-state index contributed by atoms with van der Waals surface area (Å²) < 4.78 is 0. The molecule has 4 rings (SSSR count). The van der Waals surface area contributed by atoms with Crippen molar-refractivity contribution < 1.29 is 0 Å². The third kappa shape index (κ3) is 4.30. The average Bonchev–Trinajstić information content (AvgIpc) is 2.75. The summed E-state index contributed by atoms with van der Waals surface area (Å²) >= 11 is 0. The minimum absolute atomic E-state index is 0.584. The van der Waals surface area contributed by atoms with Gasteiger partial charge in [-0.2, -0.15) is 15.0 Å². The van der Waals surface area contributed by atoms with Crippen LogP contribution in [0.2, 0.25) is 0 Å². The molecular formula is C21H26N6. The summed E-state index contributed by atoms with van der Waals surface area (Å²) in [6.45, 7) is 4.04. The lowest BCUT2D eigenvalue weighted by atomic mass is 10.1. The smallest absolute Gasteiger partial charge is 0.233 e. The van der Waals surface area contributed by atoms with Crippen molar-refractivity contribution in [3.8, 4) is 12.3 Å². The van der Waals surface area contributed by atoms with Crippen LogP contribution in [0.5, 0.6) is 0 Å². The number of nitrogens with one attached hydrogen (secondary N) is 1. The van der Waals surface area contributed by atoms with Crippen LogP contribution >= 0.6 is 0 Å². The zero-order valence-corrected chi connectivity index (χ0v) is 15.7. The van der Waals surface area contributed by atoms with E-state index in [1.165, 1.54) is 38.5 Å². The van der Waals surface area contributed by atoms with Gasteiger partial charge in [-0.05, 0) is 56.7 Å². The molecule has 3 heterocycles. The van der Waals surface area contributed by atoms with Crippen molar-refractivity contribution in [2.45, 2.75) is 38.5 Å². The number of benzene rings is 1. The Bertz CT molecular complexity index is 779. The summed E-state index contributed by atoms with van der Waals surface area (Å²) in [5.41, 5.74) is 1.73. The minimum atomic E-state index is 0.584. The molecule has 2 aromatic rings. The lowest BCUT2D eigenvalue weighted by Crippen LogP contribution is -2.34. The molecule has 0 spiro atoms. The molecule has 0 aliphatic carbocycles. The Balaban J connectivity index is 1.65. The first-order valence-corrected chi connectivity index (χ1v) is 9.91. The Morgan fingerprint density at radius 2 is 1.41 bits per heavy atom. The van der Waals surface area contributed by atoms with Crippen LogP contribution in [0.4, 0.5) is 23.5 Å². The van der Waals surface area contributed by atoms with Gasteiger partial charge in [0.15, 0.2) is 0 Å². The molecule has 27 heavy (non-hydrogen) atoms. The van der Waals surface area contributed by atoms with Crippen LogP contribution in [0, 0.1) is 12.3 Å². The van der Waals surface area contributed by atoms with Gasteiger partial charge in [0.05, 0.1) is 0 Å². The lowest BCUT2D eigenvalue weighted by molar-refractivity contribution is 0.556. The van der Waals surface area contributed by atoms with E-state index in [0.29, 0.717) is 5.95 Å². The second-order valence-corrected chi connectivity index (χ2v) is 7.20. The van der Waals surface area contributed by atoms with Crippen molar-refractivity contribution in [2.24, 2.45) is 0 Å². The molecule has 0 saturated carbocycles. The minimum Gasteiger partial charge on any atom is -0.341 e. The highest BCUT2D eigenvalue weighted by Gasteiger charge is 2.20. The predicted octanol–water partition coefficient (Wildman–Crippen LogP) is 3.58. The fraction of sp³-hybridized carbons (Fsp3) is 0.476. The van der Waals surface area contributed by atoms with Crippen LogP contribution in [0.3, 0.4) is 0 Å². The van der Waals surface area contributed by atoms with Gasteiger partial charge in [-0.15, -0.1) is 6.42 Å². The van der Waals surface area contributed by atoms with Crippen molar-refractivity contribution in [1.82, 2.24) is 15.0 Å². The monoisotopic (exact) mass is 362 g/mol. The molecule has 1 N–H and O–H groups in total. The second-order valence-electron chi connectivity index (χ2n) is 7.20. The molecule has 1 aromatic carbocycles. The van der Waals surface area contributed by atoms with E-state index in [4.69, 9.17) is 21.4 Å². The molecule has 6 heteroatoms. The fourth-order valence-electron chi connectivity index (χ4n) is 3.70. The van der Waals surface area contributed by atoms with Crippen molar-refractivity contribution in [3.05, 3.63) is 29.8 Å². The number of rotatable bonds is 4. The van der Waals surface area contributed by atoms with Gasteiger partial charge in [-0.1, -0.05) is 12.0 Å². The third-order valence-electron chi connectivity index (χ3n) is 5.17. The van der Waals surface area contributed by atoms with E-state index in [1.54, 1.807) is 0 Å². The van der Waals surface area contributed by atoms with E-state index in [0.717, 1.165) is 49.3 Å². The maximum Gasteiger partial charge on any atom is 0.233 e. The summed E-state index contributed by atoms with van der Waals surface area (Å²) in [5.74, 6) is 4.81. The molecule has 2 aliphatic rings. The highest BCUT2D eigenvalue weighted by molar-refractivity contribution is 5.58. The van der Waals surface area contributed by atoms with E-state index < -0.39 is 0 Å². The van der Waals surface area contributed by atoms with Gasteiger partial charge in [-0.25, -0.2) is 0 Å². The molecule has 0 radical (unpaired) electrons. The number of anilines is 4. The summed E-state index contributed by atoms with van der Waals surface area (Å²) in [6, 6.07) is 7.77. The molecule has 1 aromatic heterocycles. The molecule has 0 amide bonds. The van der Waals surface area contributed by atoms with Crippen molar-refractivity contribution >= 4 is 23.5 Å². The molecule has 2 aliphatic heterocycles. The second kappa shape index (κ2) is 8.26. The number of hydrogen-bond donors (Lipinski definition) is 1. The Labute approximate surface area is 161 Å². The average molecular weight is 362 g/mol. The first-order valence-electron chi connectivity index (χ1n) is 9.91. The predicted molar refractivity (Wildman–Crippen MR) is 110 cm³/mol. The maximum absolute atomic E-state index is 5.52. The highest BCUT2D eigenvalue weighted by Crippen LogP contribution is 2.24. The summed E-state index contributed by atoms with van der Waals surface area (Å²) in [5, 5.41) is 3.33. The topological polar surface area (TPSA) is 57.2 Å². The third-order valence-corrected chi connectivity index (χ3v) is 5.17. The standard InChI is InChI=1S/C21H26N6/c1-2-17-10-9-11-18(16-17)22-19-23-20(26-12-5-3-6-13-26)25-21(24-19)27-14-7-4-8-15-27/h1,9-11,16H,3-8,12-15H2,(H,22,23,24,25). The Kier molecular flexibility index (Phi) is 5.38. The number of terminal acetylenes is 1. The van der Waals surface area contributed by atoms with Crippen LogP contribution in [-0.2, 0) is 0 Å². The van der Waals surface area contributed by atoms with Gasteiger partial charge in [0, 0.05) is 37.4 Å². The van der Waals surface area contributed by atoms with Gasteiger partial charge in [0.1, 0.15) is 0 Å². The zero-order valence-electron chi connectivity index (χ0n) is 15.7. The van der Waals surface area contributed by atoms with Gasteiger partial charge in [0.25, 0.3) is 0 Å². The molecule has 0 atom stereocenters. The largest absolute Gasteiger partial charge is 0.341 e. The molecular weight excluding hydrogens is 336 g/mol. The molecule has 2 saturated heterocycles. The number of hydrogen-bond acceptors (Lipinski definition) is 6. The van der Waals surface area contributed by atoms with E-state index in [2.05, 4.69) is 21.0 Å². The molecule has 0 bridgehead atoms. The van der Waals surface area contributed by atoms with E-state index in [1.807, 2.05) is 24.3 Å². The van der Waals surface area contributed by atoms with Crippen molar-refractivity contribution in [2.75, 3.05) is 41.3 Å². The lowest BCUT2D eigenvalue weighted by Gasteiger charge is -2.30. The molecule has 0 unspecified atom stereocenters. The molecule has 6 nitrogen and oxygen atoms in total. The number of aromatic nitrogens is 3.